The second-order valence-corrected chi connectivity index (χ2v) is 10.1. The molecular weight excluding hydrogens is 542 g/mol. The van der Waals surface area contributed by atoms with Gasteiger partial charge in [0.25, 0.3) is 5.69 Å². The Bertz CT molecular complexity index is 1310. The van der Waals surface area contributed by atoms with Gasteiger partial charge in [0.05, 0.1) is 36.9 Å². The third kappa shape index (κ3) is 8.70. The molecule has 3 atom stereocenters. The highest BCUT2D eigenvalue weighted by molar-refractivity contribution is 6.07. The molecule has 0 radical (unpaired) electrons. The maximum absolute atomic E-state index is 13.4. The van der Waals surface area contributed by atoms with Crippen molar-refractivity contribution in [1.82, 2.24) is 5.32 Å². The summed E-state index contributed by atoms with van der Waals surface area (Å²) < 4.78 is 16.7. The van der Waals surface area contributed by atoms with Gasteiger partial charge in [-0.3, -0.25) is 19.9 Å². The van der Waals surface area contributed by atoms with Crippen LogP contribution in [0.2, 0.25) is 0 Å². The van der Waals surface area contributed by atoms with E-state index in [-0.39, 0.29) is 37.1 Å². The van der Waals surface area contributed by atoms with Crippen molar-refractivity contribution in [3.05, 3.63) is 81.0 Å². The molecular formula is C31H39N3O8. The molecule has 0 saturated carbocycles. The molecule has 0 bridgehead atoms. The van der Waals surface area contributed by atoms with Crippen molar-refractivity contribution in [3.63, 3.8) is 0 Å². The fourth-order valence-corrected chi connectivity index (χ4v) is 4.80. The summed E-state index contributed by atoms with van der Waals surface area (Å²) in [6, 6.07) is 13.5. The molecule has 3 rings (SSSR count). The lowest BCUT2D eigenvalue weighted by molar-refractivity contribution is -0.384. The molecule has 3 unspecified atom stereocenters. The van der Waals surface area contributed by atoms with Crippen LogP contribution in [0.15, 0.2) is 64.8 Å². The standard InChI is InChI=1S/C31H39N3O8/c1-5-40-30(36)27-21(3)33-22(4)28(29(27)24-8-6-9-25(18-24)34(38)39)31(37)42-17-14-23-10-12-26(13-11-23)41-16-7-15-32-20(2)19-35/h6,8-13,18,20,27,29,32,35H,5,7,14-17,19H2,1-4H3. The molecule has 0 saturated heterocycles. The van der Waals surface area contributed by atoms with Crippen LogP contribution in [-0.2, 0) is 25.5 Å². The molecule has 11 nitrogen and oxygen atoms in total. The fourth-order valence-electron chi connectivity index (χ4n) is 4.80. The van der Waals surface area contributed by atoms with Crippen molar-refractivity contribution in [2.24, 2.45) is 10.9 Å². The molecule has 2 aromatic carbocycles. The Balaban J connectivity index is 1.68. The first kappa shape index (κ1) is 32.4. The van der Waals surface area contributed by atoms with Crippen molar-refractivity contribution in [2.75, 3.05) is 33.0 Å². The second-order valence-electron chi connectivity index (χ2n) is 10.1. The fraction of sp³-hybridized carbons (Fsp3) is 0.452. The third-order valence-electron chi connectivity index (χ3n) is 6.93. The Hall–Kier alpha value is -4.09. The number of ether oxygens (including phenoxy) is 3. The van der Waals surface area contributed by atoms with Gasteiger partial charge in [-0.1, -0.05) is 24.3 Å². The van der Waals surface area contributed by atoms with Crippen molar-refractivity contribution in [2.45, 2.75) is 52.5 Å². The number of non-ortho nitro benzene ring substituents is 1. The normalized spacial score (nSPS) is 17.3. The van der Waals surface area contributed by atoms with Crippen LogP contribution < -0.4 is 10.1 Å². The highest BCUT2D eigenvalue weighted by atomic mass is 16.6. The van der Waals surface area contributed by atoms with Gasteiger partial charge in [-0.2, -0.15) is 0 Å². The van der Waals surface area contributed by atoms with E-state index in [2.05, 4.69) is 10.3 Å². The summed E-state index contributed by atoms with van der Waals surface area (Å²) in [6.45, 7) is 8.53. The van der Waals surface area contributed by atoms with Crippen molar-refractivity contribution < 1.29 is 33.8 Å². The number of esters is 2. The lowest BCUT2D eigenvalue weighted by Crippen LogP contribution is -2.36. The number of carbonyl (C=O) groups is 2. The number of nitro benzene ring substituents is 1. The first-order valence-corrected chi connectivity index (χ1v) is 14.1. The summed E-state index contributed by atoms with van der Waals surface area (Å²) in [5.41, 5.74) is 2.23. The zero-order valence-corrected chi connectivity index (χ0v) is 24.5. The summed E-state index contributed by atoms with van der Waals surface area (Å²) in [6.07, 6.45) is 1.25. The SMILES string of the molecule is CCOC(=O)C1C(C)=NC(C)=C(C(=O)OCCc2ccc(OCCCNC(C)CO)cc2)C1c1cccc([N+](=O)[O-])c1. The number of rotatable bonds is 15. The van der Waals surface area contributed by atoms with Crippen molar-refractivity contribution >= 4 is 23.3 Å². The quantitative estimate of drug-likeness (QED) is 0.137. The third-order valence-corrected chi connectivity index (χ3v) is 6.93. The predicted octanol–water partition coefficient (Wildman–Crippen LogP) is 4.13. The summed E-state index contributed by atoms with van der Waals surface area (Å²) in [7, 11) is 0. The van der Waals surface area contributed by atoms with E-state index in [4.69, 9.17) is 19.3 Å². The van der Waals surface area contributed by atoms with E-state index in [9.17, 15) is 19.7 Å². The summed E-state index contributed by atoms with van der Waals surface area (Å²) >= 11 is 0. The lowest BCUT2D eigenvalue weighted by Gasteiger charge is -2.31. The molecule has 226 valence electrons. The first-order chi connectivity index (χ1) is 20.2. The number of allylic oxidation sites excluding steroid dienone is 1. The Labute approximate surface area is 245 Å². The van der Waals surface area contributed by atoms with Gasteiger partial charge in [-0.05, 0) is 63.9 Å². The van der Waals surface area contributed by atoms with Crippen LogP contribution in [0.5, 0.6) is 5.75 Å². The highest BCUT2D eigenvalue weighted by Gasteiger charge is 2.42. The predicted molar refractivity (Wildman–Crippen MR) is 158 cm³/mol. The number of hydrogen-bond acceptors (Lipinski definition) is 10. The molecule has 0 aliphatic carbocycles. The van der Waals surface area contributed by atoms with Gasteiger partial charge in [0.15, 0.2) is 0 Å². The molecule has 1 aliphatic heterocycles. The average molecular weight is 582 g/mol. The number of aliphatic hydroxyl groups is 1. The molecule has 0 fully saturated rings. The Kier molecular flexibility index (Phi) is 12.2. The first-order valence-electron chi connectivity index (χ1n) is 14.1. The minimum atomic E-state index is -0.931. The van der Waals surface area contributed by atoms with Crippen LogP contribution in [0.3, 0.4) is 0 Å². The van der Waals surface area contributed by atoms with Gasteiger partial charge in [-0.15, -0.1) is 0 Å². The number of hydrogen-bond donors (Lipinski definition) is 2. The van der Waals surface area contributed by atoms with Gasteiger partial charge in [-0.25, -0.2) is 4.79 Å². The van der Waals surface area contributed by atoms with Crippen LogP contribution in [0.1, 0.15) is 51.2 Å². The number of aliphatic imine (C=N–C) groups is 1. The van der Waals surface area contributed by atoms with Gasteiger partial charge >= 0.3 is 11.9 Å². The molecule has 1 heterocycles. The maximum Gasteiger partial charge on any atom is 0.336 e. The van der Waals surface area contributed by atoms with Gasteiger partial charge < -0.3 is 24.6 Å². The Morgan fingerprint density at radius 2 is 1.86 bits per heavy atom. The minimum Gasteiger partial charge on any atom is -0.494 e. The molecule has 2 N–H and O–H groups in total. The summed E-state index contributed by atoms with van der Waals surface area (Å²) in [4.78, 5) is 41.9. The van der Waals surface area contributed by atoms with E-state index >= 15 is 0 Å². The monoisotopic (exact) mass is 581 g/mol. The van der Waals surface area contributed by atoms with Crippen LogP contribution in [-0.4, -0.2) is 66.7 Å². The topological polar surface area (TPSA) is 150 Å². The Morgan fingerprint density at radius 3 is 2.52 bits per heavy atom. The highest BCUT2D eigenvalue weighted by Crippen LogP contribution is 2.41. The molecule has 2 aromatic rings. The molecule has 42 heavy (non-hydrogen) atoms. The molecule has 11 heteroatoms. The number of nitro groups is 1. The zero-order valence-electron chi connectivity index (χ0n) is 24.5. The number of aliphatic hydroxyl groups excluding tert-OH is 1. The van der Waals surface area contributed by atoms with E-state index in [0.717, 1.165) is 24.3 Å². The zero-order chi connectivity index (χ0) is 30.6. The van der Waals surface area contributed by atoms with Crippen molar-refractivity contribution in [1.29, 1.82) is 0 Å². The Morgan fingerprint density at radius 1 is 1.12 bits per heavy atom. The summed E-state index contributed by atoms with van der Waals surface area (Å²) in [5.74, 6) is -2.26. The van der Waals surface area contributed by atoms with Crippen LogP contribution in [0.4, 0.5) is 5.69 Å². The van der Waals surface area contributed by atoms with E-state index in [1.165, 1.54) is 18.2 Å². The smallest absolute Gasteiger partial charge is 0.336 e. The maximum atomic E-state index is 13.4. The molecule has 0 amide bonds. The largest absolute Gasteiger partial charge is 0.494 e. The molecule has 0 aromatic heterocycles. The van der Waals surface area contributed by atoms with E-state index in [1.54, 1.807) is 26.8 Å². The van der Waals surface area contributed by atoms with E-state index < -0.39 is 28.7 Å². The van der Waals surface area contributed by atoms with Crippen LogP contribution in [0, 0.1) is 16.0 Å². The van der Waals surface area contributed by atoms with Gasteiger partial charge in [0.2, 0.25) is 0 Å². The summed E-state index contributed by atoms with van der Waals surface area (Å²) in [5, 5.41) is 23.7. The van der Waals surface area contributed by atoms with E-state index in [1.807, 2.05) is 31.2 Å². The average Bonchev–Trinajstić information content (AvgIpc) is 2.97. The van der Waals surface area contributed by atoms with Gasteiger partial charge in [0.1, 0.15) is 11.7 Å². The second kappa shape index (κ2) is 15.8. The number of nitrogens with one attached hydrogen (secondary N) is 1. The van der Waals surface area contributed by atoms with Crippen molar-refractivity contribution in [3.8, 4) is 5.75 Å². The van der Waals surface area contributed by atoms with Gasteiger partial charge in [0, 0.05) is 41.9 Å². The lowest BCUT2D eigenvalue weighted by atomic mass is 9.75. The minimum absolute atomic E-state index is 0.0539. The molecule has 1 aliphatic rings. The number of carbonyl (C=O) groups excluding carboxylic acids is 2. The number of nitrogens with zero attached hydrogens (tertiary/aromatic N) is 2. The molecule has 0 spiro atoms. The van der Waals surface area contributed by atoms with Crippen LogP contribution >= 0.6 is 0 Å². The van der Waals surface area contributed by atoms with Crippen LogP contribution in [0.25, 0.3) is 0 Å². The van der Waals surface area contributed by atoms with E-state index in [0.29, 0.717) is 30.0 Å². The number of benzene rings is 2.